The van der Waals surface area contributed by atoms with Gasteiger partial charge in [-0.25, -0.2) is 4.98 Å². The highest BCUT2D eigenvalue weighted by Crippen LogP contribution is 2.19. The van der Waals surface area contributed by atoms with Crippen LogP contribution in [-0.2, 0) is 0 Å². The van der Waals surface area contributed by atoms with Gasteiger partial charge in [-0.05, 0) is 38.1 Å². The lowest BCUT2D eigenvalue weighted by atomic mass is 10.1. The molecule has 0 amide bonds. The SMILES string of the molecule is COc1ccc(N(C)C2CCNCC2)nc1. The Labute approximate surface area is 96.6 Å². The van der Waals surface area contributed by atoms with Crippen LogP contribution in [0.25, 0.3) is 0 Å². The summed E-state index contributed by atoms with van der Waals surface area (Å²) >= 11 is 0. The van der Waals surface area contributed by atoms with E-state index >= 15 is 0 Å². The minimum Gasteiger partial charge on any atom is -0.495 e. The van der Waals surface area contributed by atoms with Crippen molar-refractivity contribution in [2.45, 2.75) is 18.9 Å². The van der Waals surface area contributed by atoms with Crippen LogP contribution in [-0.4, -0.2) is 38.3 Å². The van der Waals surface area contributed by atoms with Crippen molar-refractivity contribution >= 4 is 5.82 Å². The number of hydrogen-bond acceptors (Lipinski definition) is 4. The summed E-state index contributed by atoms with van der Waals surface area (Å²) in [5.74, 6) is 1.83. The molecule has 0 saturated carbocycles. The minimum absolute atomic E-state index is 0.599. The summed E-state index contributed by atoms with van der Waals surface area (Å²) in [4.78, 5) is 6.67. The van der Waals surface area contributed by atoms with E-state index in [1.165, 1.54) is 12.8 Å². The third-order valence-corrected chi connectivity index (χ3v) is 3.17. The van der Waals surface area contributed by atoms with Crippen molar-refractivity contribution in [2.75, 3.05) is 32.1 Å². The molecule has 1 N–H and O–H groups in total. The Kier molecular flexibility index (Phi) is 3.62. The van der Waals surface area contributed by atoms with Crippen LogP contribution in [0.4, 0.5) is 5.82 Å². The largest absolute Gasteiger partial charge is 0.495 e. The van der Waals surface area contributed by atoms with Crippen LogP contribution >= 0.6 is 0 Å². The lowest BCUT2D eigenvalue weighted by Crippen LogP contribution is -2.41. The van der Waals surface area contributed by atoms with Gasteiger partial charge in [0.1, 0.15) is 11.6 Å². The average Bonchev–Trinajstić information content (AvgIpc) is 2.39. The molecule has 0 aliphatic carbocycles. The second-order valence-corrected chi connectivity index (χ2v) is 4.15. The Bertz CT molecular complexity index is 320. The number of hydrogen-bond donors (Lipinski definition) is 1. The van der Waals surface area contributed by atoms with Crippen molar-refractivity contribution in [1.82, 2.24) is 10.3 Å². The summed E-state index contributed by atoms with van der Waals surface area (Å²) in [5.41, 5.74) is 0. The molecule has 1 aliphatic heterocycles. The van der Waals surface area contributed by atoms with Crippen LogP contribution in [0, 0.1) is 0 Å². The number of methoxy groups -OCH3 is 1. The fraction of sp³-hybridized carbons (Fsp3) is 0.583. The summed E-state index contributed by atoms with van der Waals surface area (Å²) in [7, 11) is 3.78. The van der Waals surface area contributed by atoms with E-state index in [-0.39, 0.29) is 0 Å². The van der Waals surface area contributed by atoms with E-state index in [0.717, 1.165) is 24.7 Å². The molecule has 16 heavy (non-hydrogen) atoms. The third kappa shape index (κ3) is 2.44. The summed E-state index contributed by atoms with van der Waals surface area (Å²) in [5, 5.41) is 3.37. The average molecular weight is 221 g/mol. The number of nitrogens with zero attached hydrogens (tertiary/aromatic N) is 2. The Morgan fingerprint density at radius 3 is 2.69 bits per heavy atom. The maximum atomic E-state index is 5.10. The molecule has 1 fully saturated rings. The van der Waals surface area contributed by atoms with Gasteiger partial charge >= 0.3 is 0 Å². The lowest BCUT2D eigenvalue weighted by Gasteiger charge is -2.32. The standard InChI is InChI=1S/C12H19N3O/c1-15(10-5-7-13-8-6-10)12-4-3-11(16-2)9-14-12/h3-4,9-10,13H,5-8H2,1-2H3. The van der Waals surface area contributed by atoms with Gasteiger partial charge in [0.05, 0.1) is 13.3 Å². The minimum atomic E-state index is 0.599. The van der Waals surface area contributed by atoms with Gasteiger partial charge in [-0.15, -0.1) is 0 Å². The van der Waals surface area contributed by atoms with Gasteiger partial charge in [0.25, 0.3) is 0 Å². The number of aromatic nitrogens is 1. The van der Waals surface area contributed by atoms with Crippen molar-refractivity contribution in [3.05, 3.63) is 18.3 Å². The molecule has 0 aromatic carbocycles. The highest BCUT2D eigenvalue weighted by molar-refractivity contribution is 5.41. The number of anilines is 1. The topological polar surface area (TPSA) is 37.4 Å². The molecular formula is C12H19N3O. The molecule has 0 unspecified atom stereocenters. The smallest absolute Gasteiger partial charge is 0.137 e. The number of nitrogens with one attached hydrogen (secondary N) is 1. The maximum absolute atomic E-state index is 5.10. The molecule has 2 rings (SSSR count). The number of ether oxygens (including phenoxy) is 1. The van der Waals surface area contributed by atoms with Crippen LogP contribution in [0.15, 0.2) is 18.3 Å². The van der Waals surface area contributed by atoms with E-state index < -0.39 is 0 Å². The van der Waals surface area contributed by atoms with Crippen LogP contribution in [0.2, 0.25) is 0 Å². The van der Waals surface area contributed by atoms with E-state index in [1.807, 2.05) is 12.1 Å². The zero-order chi connectivity index (χ0) is 11.4. The van der Waals surface area contributed by atoms with Crippen molar-refractivity contribution < 1.29 is 4.74 Å². The van der Waals surface area contributed by atoms with Crippen LogP contribution in [0.5, 0.6) is 5.75 Å². The Morgan fingerprint density at radius 1 is 1.38 bits per heavy atom. The molecule has 88 valence electrons. The molecule has 4 heteroatoms. The summed E-state index contributed by atoms with van der Waals surface area (Å²) in [6, 6.07) is 4.57. The maximum Gasteiger partial charge on any atom is 0.137 e. The van der Waals surface area contributed by atoms with Gasteiger partial charge in [0, 0.05) is 13.1 Å². The van der Waals surface area contributed by atoms with Crippen molar-refractivity contribution in [3.63, 3.8) is 0 Å². The van der Waals surface area contributed by atoms with Gasteiger partial charge in [-0.2, -0.15) is 0 Å². The summed E-state index contributed by atoms with van der Waals surface area (Å²) in [6.07, 6.45) is 4.14. The zero-order valence-corrected chi connectivity index (χ0v) is 9.94. The first-order valence-electron chi connectivity index (χ1n) is 5.75. The second kappa shape index (κ2) is 5.16. The van der Waals surface area contributed by atoms with Crippen LogP contribution < -0.4 is 15.0 Å². The summed E-state index contributed by atoms with van der Waals surface area (Å²) in [6.45, 7) is 2.20. The monoisotopic (exact) mass is 221 g/mol. The number of rotatable bonds is 3. The molecule has 1 aromatic heterocycles. The third-order valence-electron chi connectivity index (χ3n) is 3.17. The quantitative estimate of drug-likeness (QED) is 0.834. The van der Waals surface area contributed by atoms with Crippen molar-refractivity contribution in [3.8, 4) is 5.75 Å². The fourth-order valence-electron chi connectivity index (χ4n) is 2.08. The first-order valence-corrected chi connectivity index (χ1v) is 5.75. The first kappa shape index (κ1) is 11.2. The van der Waals surface area contributed by atoms with Gasteiger partial charge in [0.2, 0.25) is 0 Å². The Hall–Kier alpha value is -1.29. The molecule has 0 spiro atoms. The molecule has 0 bridgehead atoms. The molecule has 4 nitrogen and oxygen atoms in total. The Morgan fingerprint density at radius 2 is 2.12 bits per heavy atom. The molecule has 0 atom stereocenters. The van der Waals surface area contributed by atoms with Crippen molar-refractivity contribution in [2.24, 2.45) is 0 Å². The predicted molar refractivity (Wildman–Crippen MR) is 65.1 cm³/mol. The first-order chi connectivity index (χ1) is 7.81. The van der Waals surface area contributed by atoms with Gasteiger partial charge in [-0.3, -0.25) is 0 Å². The molecule has 0 radical (unpaired) electrons. The molecular weight excluding hydrogens is 202 g/mol. The van der Waals surface area contributed by atoms with E-state index in [2.05, 4.69) is 22.2 Å². The summed E-state index contributed by atoms with van der Waals surface area (Å²) < 4.78 is 5.10. The van der Waals surface area contributed by atoms with Crippen LogP contribution in [0.1, 0.15) is 12.8 Å². The van der Waals surface area contributed by atoms with Crippen LogP contribution in [0.3, 0.4) is 0 Å². The lowest BCUT2D eigenvalue weighted by molar-refractivity contribution is 0.412. The highest BCUT2D eigenvalue weighted by atomic mass is 16.5. The van der Waals surface area contributed by atoms with E-state index in [0.29, 0.717) is 6.04 Å². The highest BCUT2D eigenvalue weighted by Gasteiger charge is 2.18. The van der Waals surface area contributed by atoms with E-state index in [4.69, 9.17) is 4.74 Å². The van der Waals surface area contributed by atoms with E-state index in [9.17, 15) is 0 Å². The van der Waals surface area contributed by atoms with Gasteiger partial charge < -0.3 is 15.0 Å². The fourth-order valence-corrected chi connectivity index (χ4v) is 2.08. The number of piperidine rings is 1. The number of pyridine rings is 1. The second-order valence-electron chi connectivity index (χ2n) is 4.15. The van der Waals surface area contributed by atoms with Gasteiger partial charge in [-0.1, -0.05) is 0 Å². The van der Waals surface area contributed by atoms with Crippen molar-refractivity contribution in [1.29, 1.82) is 0 Å². The molecule has 1 aliphatic rings. The van der Waals surface area contributed by atoms with Gasteiger partial charge in [0.15, 0.2) is 0 Å². The molecule has 1 saturated heterocycles. The van der Waals surface area contributed by atoms with E-state index in [1.54, 1.807) is 13.3 Å². The zero-order valence-electron chi connectivity index (χ0n) is 9.94. The molecule has 1 aromatic rings. The normalized spacial score (nSPS) is 17.1. The molecule has 2 heterocycles. The Balaban J connectivity index is 2.04. The predicted octanol–water partition coefficient (Wildman–Crippen LogP) is 1.28.